The number of hydrogen-bond acceptors (Lipinski definition) is 1. The molecule has 0 amide bonds. The Balaban J connectivity index is 3.26. The van der Waals surface area contributed by atoms with Crippen LogP contribution in [0.4, 0.5) is 0 Å². The molecule has 0 aliphatic rings. The largest absolute Gasteiger partial charge is 0.341 e. The molecule has 0 saturated heterocycles. The number of aryl methyl sites for hydroxylation is 1. The molecular weight excluding hydrogens is 302 g/mol. The molecule has 1 aromatic rings. The van der Waals surface area contributed by atoms with Crippen molar-refractivity contribution in [3.8, 4) is 0 Å². The fourth-order valence-corrected chi connectivity index (χ4v) is 2.88. The average Bonchev–Trinajstić information content (AvgIpc) is 2.59. The van der Waals surface area contributed by atoms with Crippen LogP contribution in [0, 0.1) is 0 Å². The van der Waals surface area contributed by atoms with Crippen molar-refractivity contribution in [1.29, 1.82) is 0 Å². The molecule has 0 N–H and O–H groups in total. The zero-order chi connectivity index (χ0) is 19.0. The predicted molar refractivity (Wildman–Crippen MR) is 112 cm³/mol. The summed E-state index contributed by atoms with van der Waals surface area (Å²) < 4.78 is 0. The van der Waals surface area contributed by atoms with E-state index in [9.17, 15) is 0 Å². The van der Waals surface area contributed by atoms with Gasteiger partial charge in [0.1, 0.15) is 0 Å². The fraction of sp³-hybridized carbons (Fsp3) is 0.417. The zero-order valence-corrected chi connectivity index (χ0v) is 16.9. The molecule has 0 atom stereocenters. The minimum Gasteiger partial charge on any atom is -0.341 e. The van der Waals surface area contributed by atoms with Crippen LogP contribution in [0.2, 0.25) is 0 Å². The van der Waals surface area contributed by atoms with E-state index >= 15 is 0 Å². The summed E-state index contributed by atoms with van der Waals surface area (Å²) in [5.41, 5.74) is 8.30. The number of rotatable bonds is 10. The van der Waals surface area contributed by atoms with Crippen molar-refractivity contribution in [2.24, 2.45) is 0 Å². The molecular formula is C24H35N. The topological polar surface area (TPSA) is 3.24 Å². The van der Waals surface area contributed by atoms with Crippen LogP contribution in [-0.4, -0.2) is 4.90 Å². The second-order valence-corrected chi connectivity index (χ2v) is 6.96. The van der Waals surface area contributed by atoms with Gasteiger partial charge in [-0.3, -0.25) is 0 Å². The van der Waals surface area contributed by atoms with Crippen LogP contribution in [0.15, 0.2) is 72.1 Å². The van der Waals surface area contributed by atoms with Gasteiger partial charge in [-0.2, -0.15) is 0 Å². The Hall–Kier alpha value is -2.02. The summed E-state index contributed by atoms with van der Waals surface area (Å²) in [7, 11) is 0. The van der Waals surface area contributed by atoms with Crippen molar-refractivity contribution in [3.05, 3.63) is 83.2 Å². The van der Waals surface area contributed by atoms with E-state index in [0.29, 0.717) is 0 Å². The Bertz CT molecular complexity index is 643. The molecule has 0 spiro atoms. The Kier molecular flexibility index (Phi) is 8.48. The maximum Gasteiger partial charge on any atom is 0.0478 e. The first kappa shape index (κ1) is 21.0. The van der Waals surface area contributed by atoms with Crippen LogP contribution in [0.3, 0.4) is 0 Å². The summed E-state index contributed by atoms with van der Waals surface area (Å²) in [4.78, 5) is 2.34. The molecule has 136 valence electrons. The highest BCUT2D eigenvalue weighted by Gasteiger charge is 2.17. The van der Waals surface area contributed by atoms with Gasteiger partial charge in [0.25, 0.3) is 0 Å². The Morgan fingerprint density at radius 2 is 1.44 bits per heavy atom. The first-order valence-corrected chi connectivity index (χ1v) is 9.37. The number of allylic oxidation sites excluding steroid dienone is 4. The van der Waals surface area contributed by atoms with Crippen molar-refractivity contribution < 1.29 is 0 Å². The third-order valence-electron chi connectivity index (χ3n) is 4.64. The van der Waals surface area contributed by atoms with Gasteiger partial charge in [-0.25, -0.2) is 0 Å². The molecule has 0 aliphatic heterocycles. The third-order valence-corrected chi connectivity index (χ3v) is 4.64. The van der Waals surface area contributed by atoms with Crippen LogP contribution in [0.25, 0.3) is 0 Å². The maximum absolute atomic E-state index is 4.39. The molecule has 0 fully saturated rings. The lowest BCUT2D eigenvalue weighted by molar-refractivity contribution is 0.404. The highest BCUT2D eigenvalue weighted by atomic mass is 15.1. The predicted octanol–water partition coefficient (Wildman–Crippen LogP) is 7.18. The first-order valence-electron chi connectivity index (χ1n) is 9.37. The van der Waals surface area contributed by atoms with Crippen LogP contribution in [-0.2, 0) is 13.0 Å². The van der Waals surface area contributed by atoms with Gasteiger partial charge >= 0.3 is 0 Å². The van der Waals surface area contributed by atoms with E-state index in [4.69, 9.17) is 0 Å². The van der Waals surface area contributed by atoms with Gasteiger partial charge in [0, 0.05) is 17.9 Å². The Labute approximate surface area is 155 Å². The van der Waals surface area contributed by atoms with Crippen LogP contribution >= 0.6 is 0 Å². The second kappa shape index (κ2) is 10.1. The van der Waals surface area contributed by atoms with Gasteiger partial charge < -0.3 is 4.90 Å². The minimum atomic E-state index is 0.819. The lowest BCUT2D eigenvalue weighted by Crippen LogP contribution is -2.23. The van der Waals surface area contributed by atoms with Gasteiger partial charge in [-0.05, 0) is 62.3 Å². The minimum absolute atomic E-state index is 0.819. The van der Waals surface area contributed by atoms with Crippen molar-refractivity contribution in [3.63, 3.8) is 0 Å². The van der Waals surface area contributed by atoms with Gasteiger partial charge in [-0.1, -0.05) is 69.8 Å². The number of hydrogen-bond donors (Lipinski definition) is 0. The molecule has 1 nitrogen and oxygen atoms in total. The molecule has 0 radical (unpaired) electrons. The lowest BCUT2D eigenvalue weighted by Gasteiger charge is -2.32. The molecule has 1 heteroatoms. The summed E-state index contributed by atoms with van der Waals surface area (Å²) in [5.74, 6) is 0. The van der Waals surface area contributed by atoms with Crippen molar-refractivity contribution >= 4 is 0 Å². The van der Waals surface area contributed by atoms with E-state index in [1.165, 1.54) is 23.1 Å². The monoisotopic (exact) mass is 337 g/mol. The number of nitrogens with zero attached hydrogens (tertiary/aromatic N) is 1. The van der Waals surface area contributed by atoms with Crippen LogP contribution in [0.1, 0.15) is 65.0 Å². The van der Waals surface area contributed by atoms with Gasteiger partial charge in [0.2, 0.25) is 0 Å². The molecule has 0 saturated carbocycles. The van der Waals surface area contributed by atoms with E-state index in [1.54, 1.807) is 0 Å². The SMILES string of the molecule is C=C(C)/C(C)=C(\C(=C)C)N(Cc1ccc(CC)cc1)C(=C)CCCC. The van der Waals surface area contributed by atoms with E-state index in [1.807, 2.05) is 0 Å². The first-order chi connectivity index (χ1) is 11.8. The van der Waals surface area contributed by atoms with E-state index in [0.717, 1.165) is 48.3 Å². The summed E-state index contributed by atoms with van der Waals surface area (Å²) >= 11 is 0. The highest BCUT2D eigenvalue weighted by Crippen LogP contribution is 2.29. The average molecular weight is 338 g/mol. The van der Waals surface area contributed by atoms with Gasteiger partial charge in [0.05, 0.1) is 0 Å². The van der Waals surface area contributed by atoms with Gasteiger partial charge in [-0.15, -0.1) is 0 Å². The maximum atomic E-state index is 4.39. The smallest absolute Gasteiger partial charge is 0.0478 e. The van der Waals surface area contributed by atoms with Gasteiger partial charge in [0.15, 0.2) is 0 Å². The molecule has 1 rings (SSSR count). The molecule has 1 aromatic carbocycles. The zero-order valence-electron chi connectivity index (χ0n) is 16.9. The van der Waals surface area contributed by atoms with E-state index in [2.05, 4.69) is 83.5 Å². The summed E-state index contributed by atoms with van der Waals surface area (Å²) in [6.45, 7) is 24.2. The lowest BCUT2D eigenvalue weighted by atomic mass is 10.0. The molecule has 0 aromatic heterocycles. The fourth-order valence-electron chi connectivity index (χ4n) is 2.88. The van der Waals surface area contributed by atoms with E-state index < -0.39 is 0 Å². The van der Waals surface area contributed by atoms with Crippen molar-refractivity contribution in [2.75, 3.05) is 0 Å². The van der Waals surface area contributed by atoms with E-state index in [-0.39, 0.29) is 0 Å². The summed E-state index contributed by atoms with van der Waals surface area (Å²) in [5, 5.41) is 0. The third kappa shape index (κ3) is 6.08. The number of unbranched alkanes of at least 4 members (excludes halogenated alkanes) is 1. The van der Waals surface area contributed by atoms with Crippen molar-refractivity contribution in [1.82, 2.24) is 4.90 Å². The summed E-state index contributed by atoms with van der Waals surface area (Å²) in [6, 6.07) is 8.90. The quantitative estimate of drug-likeness (QED) is 0.409. The molecule has 0 aliphatic carbocycles. The molecule has 25 heavy (non-hydrogen) atoms. The standard InChI is InChI=1S/C24H35N/c1-9-11-12-20(7)25(24(19(5)6)21(8)18(3)4)17-23-15-13-22(10-2)14-16-23/h13-16H,3,5,7,9-12,17H2,1-2,4,6,8H3/b24-21+. The molecule has 0 bridgehead atoms. The number of benzene rings is 1. The summed E-state index contributed by atoms with van der Waals surface area (Å²) in [6.07, 6.45) is 4.39. The second-order valence-electron chi connectivity index (χ2n) is 6.96. The molecule has 0 unspecified atom stereocenters. The Morgan fingerprint density at radius 3 is 1.88 bits per heavy atom. The van der Waals surface area contributed by atoms with Crippen LogP contribution in [0.5, 0.6) is 0 Å². The molecule has 0 heterocycles. The normalized spacial score (nSPS) is 11.7. The van der Waals surface area contributed by atoms with Crippen LogP contribution < -0.4 is 0 Å². The van der Waals surface area contributed by atoms with Crippen molar-refractivity contribution in [2.45, 2.75) is 66.8 Å². The Morgan fingerprint density at radius 1 is 0.880 bits per heavy atom. The highest BCUT2D eigenvalue weighted by molar-refractivity contribution is 5.41.